The summed E-state index contributed by atoms with van der Waals surface area (Å²) >= 11 is 6.15. The highest BCUT2D eigenvalue weighted by atomic mass is 35.5. The first-order valence-electron chi connectivity index (χ1n) is 10.5. The van der Waals surface area contributed by atoms with Crippen molar-refractivity contribution in [2.24, 2.45) is 5.16 Å². The second-order valence-electron chi connectivity index (χ2n) is 8.56. The van der Waals surface area contributed by atoms with E-state index in [9.17, 15) is 4.79 Å². The molecule has 1 atom stereocenters. The molecule has 0 spiro atoms. The molecule has 2 aliphatic rings. The molecule has 1 aromatic carbocycles. The van der Waals surface area contributed by atoms with Gasteiger partial charge in [0, 0.05) is 30.0 Å². The highest BCUT2D eigenvalue weighted by molar-refractivity contribution is 6.49. The zero-order valence-electron chi connectivity index (χ0n) is 18.1. The molecular formula is C24H27ClN4O2. The second-order valence-corrected chi connectivity index (χ2v) is 9.00. The molecule has 1 fully saturated rings. The molecule has 0 unspecified atom stereocenters. The van der Waals surface area contributed by atoms with E-state index in [1.807, 2.05) is 37.3 Å². The maximum absolute atomic E-state index is 12.5. The quantitative estimate of drug-likeness (QED) is 0.751. The number of Topliss-reactive ketones (excluding diaryl/α,β-unsaturated/α-hetero) is 1. The molecule has 0 amide bonds. The number of hydrogen-bond acceptors (Lipinski definition) is 6. The van der Waals surface area contributed by atoms with Gasteiger partial charge < -0.3 is 15.1 Å². The lowest BCUT2D eigenvalue weighted by molar-refractivity contribution is -0.128. The summed E-state index contributed by atoms with van der Waals surface area (Å²) in [5.74, 6) is 0.743. The predicted octanol–water partition coefficient (Wildman–Crippen LogP) is 4.35. The Morgan fingerprint density at radius 1 is 1.32 bits per heavy atom. The minimum atomic E-state index is -0.917. The van der Waals surface area contributed by atoms with Gasteiger partial charge in [-0.1, -0.05) is 47.6 Å². The molecule has 0 aliphatic carbocycles. The number of pyridine rings is 1. The van der Waals surface area contributed by atoms with Crippen LogP contribution in [0.1, 0.15) is 43.4 Å². The summed E-state index contributed by atoms with van der Waals surface area (Å²) in [6, 6.07) is 9.88. The smallest absolute Gasteiger partial charge is 0.230 e. The molecule has 0 bridgehead atoms. The van der Waals surface area contributed by atoms with Crippen LogP contribution in [0.2, 0.25) is 5.02 Å². The molecule has 7 heteroatoms. The number of piperidine rings is 1. The van der Waals surface area contributed by atoms with Gasteiger partial charge in [-0.25, -0.2) is 4.98 Å². The third-order valence-electron chi connectivity index (χ3n) is 5.79. The van der Waals surface area contributed by atoms with E-state index in [2.05, 4.69) is 26.9 Å². The largest absolute Gasteiger partial charge is 0.381 e. The van der Waals surface area contributed by atoms with Crippen molar-refractivity contribution in [2.75, 3.05) is 18.0 Å². The van der Waals surface area contributed by atoms with Gasteiger partial charge in [-0.15, -0.1) is 0 Å². The summed E-state index contributed by atoms with van der Waals surface area (Å²) < 4.78 is 0. The van der Waals surface area contributed by atoms with Crippen molar-refractivity contribution >= 4 is 34.6 Å². The van der Waals surface area contributed by atoms with Crippen molar-refractivity contribution in [3.63, 3.8) is 0 Å². The fourth-order valence-electron chi connectivity index (χ4n) is 4.03. The Kier molecular flexibility index (Phi) is 5.86. The maximum Gasteiger partial charge on any atom is 0.230 e. The summed E-state index contributed by atoms with van der Waals surface area (Å²) in [6.45, 7) is 11.7. The first kappa shape index (κ1) is 21.5. The summed E-state index contributed by atoms with van der Waals surface area (Å²) in [5, 5.41) is 8.09. The fraction of sp³-hybridized carbons (Fsp3) is 0.375. The summed E-state index contributed by atoms with van der Waals surface area (Å²) in [7, 11) is 0. The standard InChI is InChI=1S/C24H27ClN4O2/c1-15-12-19(25)13-27-23(15)29(20-6-5-11-26-14-20)16(2)17-7-9-18(10-8-17)21-22(30)24(3,4)31-28-21/h7-10,12-13,20,26H,2,5-6,11,14H2,1,3-4H3/t20-/m1/s1. The van der Waals surface area contributed by atoms with E-state index in [1.165, 1.54) is 0 Å². The lowest BCUT2D eigenvalue weighted by Crippen LogP contribution is -2.45. The van der Waals surface area contributed by atoms with Gasteiger partial charge in [0.2, 0.25) is 5.78 Å². The molecule has 0 radical (unpaired) electrons. The van der Waals surface area contributed by atoms with E-state index in [4.69, 9.17) is 16.4 Å². The number of aromatic nitrogens is 1. The number of nitrogens with zero attached hydrogens (tertiary/aromatic N) is 3. The van der Waals surface area contributed by atoms with Gasteiger partial charge in [0.05, 0.1) is 5.02 Å². The third kappa shape index (κ3) is 4.23. The molecule has 162 valence electrons. The molecule has 4 rings (SSSR count). The van der Waals surface area contributed by atoms with Crippen LogP contribution >= 0.6 is 11.6 Å². The number of halogens is 1. The minimum Gasteiger partial charge on any atom is -0.381 e. The van der Waals surface area contributed by atoms with Gasteiger partial charge >= 0.3 is 0 Å². The lowest BCUT2D eigenvalue weighted by atomic mass is 9.95. The Morgan fingerprint density at radius 3 is 2.65 bits per heavy atom. The van der Waals surface area contributed by atoms with E-state index in [1.54, 1.807) is 20.0 Å². The number of ketones is 1. The van der Waals surface area contributed by atoms with Crippen LogP contribution in [0, 0.1) is 6.92 Å². The van der Waals surface area contributed by atoms with Gasteiger partial charge in [0.15, 0.2) is 11.3 Å². The third-order valence-corrected chi connectivity index (χ3v) is 6.00. The molecule has 0 saturated carbocycles. The van der Waals surface area contributed by atoms with Crippen molar-refractivity contribution in [2.45, 2.75) is 45.3 Å². The Morgan fingerprint density at radius 2 is 2.06 bits per heavy atom. The van der Waals surface area contributed by atoms with Gasteiger partial charge in [-0.3, -0.25) is 4.79 Å². The monoisotopic (exact) mass is 438 g/mol. The predicted molar refractivity (Wildman–Crippen MR) is 125 cm³/mol. The van der Waals surface area contributed by atoms with Gasteiger partial charge in [-0.2, -0.15) is 0 Å². The van der Waals surface area contributed by atoms with Crippen LogP contribution < -0.4 is 10.2 Å². The van der Waals surface area contributed by atoms with Crippen LogP contribution in [0.15, 0.2) is 48.3 Å². The number of rotatable bonds is 5. The SMILES string of the molecule is C=C(c1ccc(C2=NOC(C)(C)C2=O)cc1)N(c1ncc(Cl)cc1C)[C@@H]1CCCNC1. The molecular weight excluding hydrogens is 412 g/mol. The van der Waals surface area contributed by atoms with Crippen LogP contribution in [-0.4, -0.2) is 41.2 Å². The van der Waals surface area contributed by atoms with E-state index in [-0.39, 0.29) is 11.8 Å². The fourth-order valence-corrected chi connectivity index (χ4v) is 4.24. The molecule has 2 aliphatic heterocycles. The van der Waals surface area contributed by atoms with Crippen molar-refractivity contribution < 1.29 is 9.63 Å². The molecule has 3 heterocycles. The summed E-state index contributed by atoms with van der Waals surface area (Å²) in [5.41, 5.74) is 2.98. The molecule has 6 nitrogen and oxygen atoms in total. The number of carbonyl (C=O) groups excluding carboxylic acids is 1. The van der Waals surface area contributed by atoms with E-state index in [0.29, 0.717) is 10.7 Å². The number of anilines is 1. The van der Waals surface area contributed by atoms with E-state index >= 15 is 0 Å². The molecule has 1 aromatic heterocycles. The van der Waals surface area contributed by atoms with E-state index < -0.39 is 5.60 Å². The minimum absolute atomic E-state index is 0.116. The maximum atomic E-state index is 12.5. The Balaban J connectivity index is 1.65. The number of aryl methyl sites for hydroxylation is 1. The summed E-state index contributed by atoms with van der Waals surface area (Å²) in [4.78, 5) is 24.6. The average molecular weight is 439 g/mol. The van der Waals surface area contributed by atoms with Gasteiger partial charge in [0.1, 0.15) is 5.82 Å². The van der Waals surface area contributed by atoms with Crippen molar-refractivity contribution in [1.82, 2.24) is 10.3 Å². The highest BCUT2D eigenvalue weighted by Crippen LogP contribution is 2.32. The van der Waals surface area contributed by atoms with Crippen LogP contribution in [0.5, 0.6) is 0 Å². The topological polar surface area (TPSA) is 66.8 Å². The molecule has 2 aromatic rings. The van der Waals surface area contributed by atoms with Crippen LogP contribution in [-0.2, 0) is 9.63 Å². The van der Waals surface area contributed by atoms with Gasteiger partial charge in [0.25, 0.3) is 0 Å². The van der Waals surface area contributed by atoms with Crippen LogP contribution in [0.4, 0.5) is 5.82 Å². The number of hydrogen-bond donors (Lipinski definition) is 1. The number of oxime groups is 1. The van der Waals surface area contributed by atoms with Crippen molar-refractivity contribution in [3.05, 3.63) is 64.8 Å². The van der Waals surface area contributed by atoms with Crippen molar-refractivity contribution in [1.29, 1.82) is 0 Å². The van der Waals surface area contributed by atoms with Crippen LogP contribution in [0.3, 0.4) is 0 Å². The number of carbonyl (C=O) groups is 1. The average Bonchev–Trinajstić information content (AvgIpc) is 3.03. The van der Waals surface area contributed by atoms with E-state index in [0.717, 1.165) is 54.1 Å². The first-order chi connectivity index (χ1) is 14.8. The Hall–Kier alpha value is -2.70. The Labute approximate surface area is 187 Å². The first-order valence-corrected chi connectivity index (χ1v) is 10.9. The van der Waals surface area contributed by atoms with Crippen molar-refractivity contribution in [3.8, 4) is 0 Å². The molecule has 31 heavy (non-hydrogen) atoms. The number of benzene rings is 1. The molecule has 1 saturated heterocycles. The zero-order chi connectivity index (χ0) is 22.2. The van der Waals surface area contributed by atoms with Crippen LogP contribution in [0.25, 0.3) is 5.70 Å². The Bertz CT molecular complexity index is 1040. The van der Waals surface area contributed by atoms with Gasteiger partial charge in [-0.05, 0) is 57.4 Å². The zero-order valence-corrected chi connectivity index (χ0v) is 18.9. The molecule has 1 N–H and O–H groups in total. The number of nitrogens with one attached hydrogen (secondary N) is 1. The highest BCUT2D eigenvalue weighted by Gasteiger charge is 2.40. The lowest BCUT2D eigenvalue weighted by Gasteiger charge is -2.37. The second kappa shape index (κ2) is 8.44. The normalized spacial score (nSPS) is 20.2. The summed E-state index contributed by atoms with van der Waals surface area (Å²) in [6.07, 6.45) is 3.82.